The van der Waals surface area contributed by atoms with E-state index in [0.29, 0.717) is 5.69 Å². The van der Waals surface area contributed by atoms with Crippen molar-refractivity contribution < 1.29 is 64.3 Å². The largest absolute Gasteiger partial charge is 1.00 e. The van der Waals surface area contributed by atoms with Gasteiger partial charge in [0.05, 0.1) is 0 Å². The van der Waals surface area contributed by atoms with Crippen LogP contribution in [0.1, 0.15) is 11.1 Å². The fourth-order valence-electron chi connectivity index (χ4n) is 1.14. The van der Waals surface area contributed by atoms with Gasteiger partial charge in [-0.25, -0.2) is 0 Å². The van der Waals surface area contributed by atoms with Crippen LogP contribution >= 0.6 is 22.6 Å². The summed E-state index contributed by atoms with van der Waals surface area (Å²) in [4.78, 5) is 0. The minimum atomic E-state index is -4.78. The molecular formula is C8H9BF3IKN. The van der Waals surface area contributed by atoms with Gasteiger partial charge in [0.1, 0.15) is 0 Å². The van der Waals surface area contributed by atoms with Gasteiger partial charge in [-0.15, -0.1) is 0 Å². The second kappa shape index (κ2) is 6.25. The minimum absolute atomic E-state index is 0. The van der Waals surface area contributed by atoms with E-state index < -0.39 is 13.3 Å². The zero-order chi connectivity index (χ0) is 10.9. The van der Waals surface area contributed by atoms with Gasteiger partial charge in [0.25, 0.3) is 0 Å². The Hall–Kier alpha value is 1.24. The van der Waals surface area contributed by atoms with Crippen molar-refractivity contribution in [1.82, 2.24) is 0 Å². The molecule has 2 N–H and O–H groups in total. The molecule has 0 aliphatic heterocycles. The van der Waals surface area contributed by atoms with Crippen LogP contribution in [0.3, 0.4) is 0 Å². The van der Waals surface area contributed by atoms with Gasteiger partial charge < -0.3 is 18.7 Å². The summed E-state index contributed by atoms with van der Waals surface area (Å²) in [5.41, 5.74) is 7.08. The minimum Gasteiger partial charge on any atom is -0.449 e. The third-order valence-electron chi connectivity index (χ3n) is 1.91. The molecule has 0 aliphatic rings. The summed E-state index contributed by atoms with van der Waals surface area (Å²) in [5.74, 6) is 0. The number of benzene rings is 1. The molecule has 0 saturated carbocycles. The van der Waals surface area contributed by atoms with E-state index in [1.54, 1.807) is 6.92 Å². The Bertz CT molecular complexity index is 333. The van der Waals surface area contributed by atoms with E-state index in [1.165, 1.54) is 12.1 Å². The van der Waals surface area contributed by atoms with E-state index in [9.17, 15) is 12.9 Å². The van der Waals surface area contributed by atoms with Crippen molar-refractivity contribution >= 4 is 35.3 Å². The van der Waals surface area contributed by atoms with Crippen LogP contribution in [0.4, 0.5) is 18.6 Å². The summed E-state index contributed by atoms with van der Waals surface area (Å²) in [6.45, 7) is -2.99. The molecule has 0 saturated heterocycles. The van der Waals surface area contributed by atoms with Crippen molar-refractivity contribution in [3.63, 3.8) is 0 Å². The molecule has 0 atom stereocenters. The Morgan fingerprint density at radius 1 is 1.33 bits per heavy atom. The predicted molar refractivity (Wildman–Crippen MR) is 61.1 cm³/mol. The van der Waals surface area contributed by atoms with Gasteiger partial charge >= 0.3 is 58.4 Å². The molecule has 0 spiro atoms. The molecule has 15 heavy (non-hydrogen) atoms. The van der Waals surface area contributed by atoms with Crippen LogP contribution < -0.4 is 57.1 Å². The maximum atomic E-state index is 12.1. The Morgan fingerprint density at radius 3 is 2.27 bits per heavy atom. The van der Waals surface area contributed by atoms with Crippen molar-refractivity contribution in [1.29, 1.82) is 0 Å². The summed E-state index contributed by atoms with van der Waals surface area (Å²) in [6, 6.07) is 2.92. The Balaban J connectivity index is 0.00000196. The molecule has 78 valence electrons. The third kappa shape index (κ3) is 5.40. The van der Waals surface area contributed by atoms with Crippen LogP contribution in [-0.2, 0) is 6.32 Å². The van der Waals surface area contributed by atoms with E-state index in [2.05, 4.69) is 0 Å². The monoisotopic (exact) mass is 353 g/mol. The average Bonchev–Trinajstić information content (AvgIpc) is 1.96. The van der Waals surface area contributed by atoms with Crippen LogP contribution in [-0.4, -0.2) is 6.98 Å². The van der Waals surface area contributed by atoms with Crippen molar-refractivity contribution in [3.05, 3.63) is 26.8 Å². The maximum absolute atomic E-state index is 12.1. The first-order valence-corrected chi connectivity index (χ1v) is 5.13. The number of hydrogen-bond acceptors (Lipinski definition) is 1. The van der Waals surface area contributed by atoms with Gasteiger partial charge in [0.2, 0.25) is 0 Å². The van der Waals surface area contributed by atoms with E-state index in [0.717, 1.165) is 9.13 Å². The fraction of sp³-hybridized carbons (Fsp3) is 0.250. The van der Waals surface area contributed by atoms with Gasteiger partial charge in [0.15, 0.2) is 0 Å². The summed E-state index contributed by atoms with van der Waals surface area (Å²) < 4.78 is 37.1. The molecule has 0 unspecified atom stereocenters. The SMILES string of the molecule is Cc1c(N)cc(C[B-](F)(F)F)cc1I.[K+]. The summed E-state index contributed by atoms with van der Waals surface area (Å²) in [6.07, 6.45) is -0.861. The van der Waals surface area contributed by atoms with E-state index in [1.807, 2.05) is 22.6 Å². The normalized spacial score (nSPS) is 11.0. The Labute approximate surface area is 143 Å². The van der Waals surface area contributed by atoms with Crippen molar-refractivity contribution in [2.45, 2.75) is 13.2 Å². The van der Waals surface area contributed by atoms with Gasteiger partial charge in [-0.2, -0.15) is 0 Å². The maximum Gasteiger partial charge on any atom is 1.00 e. The molecule has 1 nitrogen and oxygen atoms in total. The molecule has 0 aromatic heterocycles. The second-order valence-electron chi connectivity index (χ2n) is 3.21. The first-order valence-electron chi connectivity index (χ1n) is 4.05. The number of halogens is 4. The molecule has 7 heteroatoms. The zero-order valence-corrected chi connectivity index (χ0v) is 13.8. The van der Waals surface area contributed by atoms with Crippen LogP contribution in [0, 0.1) is 10.5 Å². The molecule has 0 heterocycles. The molecule has 0 bridgehead atoms. The Morgan fingerprint density at radius 2 is 1.87 bits per heavy atom. The molecule has 0 aliphatic carbocycles. The quantitative estimate of drug-likeness (QED) is 0.456. The molecular weight excluding hydrogens is 344 g/mol. The van der Waals surface area contributed by atoms with Crippen LogP contribution in [0.25, 0.3) is 0 Å². The van der Waals surface area contributed by atoms with Gasteiger partial charge in [0, 0.05) is 9.26 Å². The fourth-order valence-corrected chi connectivity index (χ4v) is 1.86. The first kappa shape index (κ1) is 16.2. The summed E-state index contributed by atoms with van der Waals surface area (Å²) >= 11 is 1.99. The second-order valence-corrected chi connectivity index (χ2v) is 4.37. The molecule has 1 rings (SSSR count). The van der Waals surface area contributed by atoms with Crippen LogP contribution in [0.15, 0.2) is 12.1 Å². The van der Waals surface area contributed by atoms with Crippen molar-refractivity contribution in [2.24, 2.45) is 0 Å². The van der Waals surface area contributed by atoms with Crippen molar-refractivity contribution in [3.8, 4) is 0 Å². The van der Waals surface area contributed by atoms with Gasteiger partial charge in [-0.05, 0) is 47.2 Å². The first-order chi connectivity index (χ1) is 6.29. The van der Waals surface area contributed by atoms with Crippen molar-refractivity contribution in [2.75, 3.05) is 5.73 Å². The summed E-state index contributed by atoms with van der Waals surface area (Å²) in [5, 5.41) is 0. The van der Waals surface area contributed by atoms with E-state index in [-0.39, 0.29) is 56.9 Å². The molecule has 0 amide bonds. The molecule has 1 aromatic carbocycles. The van der Waals surface area contributed by atoms with E-state index in [4.69, 9.17) is 5.73 Å². The number of hydrogen-bond donors (Lipinski definition) is 1. The number of anilines is 1. The number of rotatable bonds is 2. The third-order valence-corrected chi connectivity index (χ3v) is 3.03. The molecule has 1 aromatic rings. The van der Waals surface area contributed by atoms with E-state index >= 15 is 0 Å². The number of nitrogens with two attached hydrogens (primary N) is 1. The zero-order valence-electron chi connectivity index (χ0n) is 8.53. The van der Waals surface area contributed by atoms with Gasteiger partial charge in [-0.3, -0.25) is 0 Å². The standard InChI is InChI=1S/C8H9BF3IN.K/c1-5-7(13)2-6(3-8(5)14)4-9(10,11)12;/h2-3H,4,14H2,1H3;/q-1;+1. The Kier molecular flexibility index (Phi) is 6.77. The predicted octanol–water partition coefficient (Wildman–Crippen LogP) is 0.115. The van der Waals surface area contributed by atoms with Crippen LogP contribution in [0.2, 0.25) is 0 Å². The smallest absolute Gasteiger partial charge is 0.449 e. The topological polar surface area (TPSA) is 26.0 Å². The summed E-state index contributed by atoms with van der Waals surface area (Å²) in [7, 11) is 0. The average molecular weight is 353 g/mol. The van der Waals surface area contributed by atoms with Gasteiger partial charge in [-0.1, -0.05) is 11.9 Å². The molecule has 0 fully saturated rings. The van der Waals surface area contributed by atoms with Crippen LogP contribution in [0.5, 0.6) is 0 Å². The number of nitrogen functional groups attached to an aromatic ring is 1. The molecule has 0 radical (unpaired) electrons.